The van der Waals surface area contributed by atoms with Gasteiger partial charge in [0.2, 0.25) is 0 Å². The summed E-state index contributed by atoms with van der Waals surface area (Å²) >= 11 is 0. The number of nitrogens with one attached hydrogen (secondary N) is 1. The maximum Gasteiger partial charge on any atom is 0.293 e. The summed E-state index contributed by atoms with van der Waals surface area (Å²) < 4.78 is 0. The number of carbonyl (C=O) groups excluding carboxylic acids is 1. The van der Waals surface area contributed by atoms with E-state index in [1.807, 2.05) is 6.92 Å². The van der Waals surface area contributed by atoms with Crippen molar-refractivity contribution in [2.45, 2.75) is 25.8 Å². The highest BCUT2D eigenvalue weighted by molar-refractivity contribution is 5.79. The van der Waals surface area contributed by atoms with E-state index in [1.165, 1.54) is 18.2 Å². The number of hydrogen-bond donors (Lipinski definition) is 2. The smallest absolute Gasteiger partial charge is 0.293 e. The average Bonchev–Trinajstić information content (AvgIpc) is 2.38. The molecule has 1 rings (SSSR count). The number of rotatable bonds is 6. The average molecular weight is 252 g/mol. The number of aldehydes is 1. The van der Waals surface area contributed by atoms with Crippen LogP contribution in [0.2, 0.25) is 0 Å². The number of carbonyl (C=O) groups is 1. The van der Waals surface area contributed by atoms with Crippen LogP contribution in [-0.4, -0.2) is 28.5 Å². The summed E-state index contributed by atoms with van der Waals surface area (Å²) in [6.07, 6.45) is 1.16. The Morgan fingerprint density at radius 3 is 2.67 bits per heavy atom. The van der Waals surface area contributed by atoms with Crippen LogP contribution in [0.4, 0.5) is 11.4 Å². The second-order valence-electron chi connectivity index (χ2n) is 4.35. The first-order valence-corrected chi connectivity index (χ1v) is 5.58. The van der Waals surface area contributed by atoms with Gasteiger partial charge in [0.05, 0.1) is 17.1 Å². The molecule has 0 radical (unpaired) electrons. The van der Waals surface area contributed by atoms with Crippen molar-refractivity contribution in [1.82, 2.24) is 0 Å². The Morgan fingerprint density at radius 2 is 2.22 bits per heavy atom. The van der Waals surface area contributed by atoms with Gasteiger partial charge >= 0.3 is 0 Å². The topological polar surface area (TPSA) is 92.5 Å². The van der Waals surface area contributed by atoms with E-state index in [0.717, 1.165) is 0 Å². The summed E-state index contributed by atoms with van der Waals surface area (Å²) in [5.41, 5.74) is -0.265. The van der Waals surface area contributed by atoms with Gasteiger partial charge in [-0.25, -0.2) is 0 Å². The fraction of sp³-hybridized carbons (Fsp3) is 0.417. The fourth-order valence-electron chi connectivity index (χ4n) is 1.44. The Balaban J connectivity index is 3.16. The molecule has 98 valence electrons. The second-order valence-corrected chi connectivity index (χ2v) is 4.35. The molecule has 0 saturated carbocycles. The number of nitrogens with zero attached hydrogens (tertiary/aromatic N) is 1. The van der Waals surface area contributed by atoms with Crippen molar-refractivity contribution in [3.8, 4) is 0 Å². The van der Waals surface area contributed by atoms with Gasteiger partial charge in [-0.15, -0.1) is 0 Å². The van der Waals surface area contributed by atoms with Gasteiger partial charge < -0.3 is 10.4 Å². The number of nitro benzene ring substituents is 1. The van der Waals surface area contributed by atoms with Crippen LogP contribution in [0.3, 0.4) is 0 Å². The maximum absolute atomic E-state index is 10.9. The molecule has 0 fully saturated rings. The van der Waals surface area contributed by atoms with Gasteiger partial charge in [0.1, 0.15) is 12.0 Å². The maximum atomic E-state index is 10.9. The zero-order chi connectivity index (χ0) is 13.8. The molecule has 0 amide bonds. The highest BCUT2D eigenvalue weighted by Crippen LogP contribution is 2.28. The molecule has 1 aromatic rings. The second kappa shape index (κ2) is 5.59. The minimum atomic E-state index is -0.631. The molecule has 6 heteroatoms. The molecule has 0 aromatic heterocycles. The van der Waals surface area contributed by atoms with E-state index in [4.69, 9.17) is 0 Å². The molecular weight excluding hydrogens is 236 g/mol. The largest absolute Gasteiger partial charge is 0.394 e. The predicted octanol–water partition coefficient (Wildman–Crippen LogP) is 1.98. The summed E-state index contributed by atoms with van der Waals surface area (Å²) in [6, 6.07) is 4.18. The van der Waals surface area contributed by atoms with Gasteiger partial charge in [-0.3, -0.25) is 14.9 Å². The number of benzene rings is 1. The first-order valence-electron chi connectivity index (χ1n) is 5.58. The molecule has 1 aromatic carbocycles. The molecule has 1 atom stereocenters. The standard InChI is InChI=1S/C12H16N2O4/c1-3-12(2,8-16)13-10-5-4-9(7-15)6-11(10)14(17)18/h4-7,13,16H,3,8H2,1-2H3. The first-order chi connectivity index (χ1) is 8.45. The Morgan fingerprint density at radius 1 is 1.56 bits per heavy atom. The number of aliphatic hydroxyl groups excluding tert-OH is 1. The third-order valence-corrected chi connectivity index (χ3v) is 2.92. The van der Waals surface area contributed by atoms with Crippen LogP contribution in [-0.2, 0) is 0 Å². The normalized spacial score (nSPS) is 13.7. The zero-order valence-corrected chi connectivity index (χ0v) is 10.3. The van der Waals surface area contributed by atoms with Crippen molar-refractivity contribution in [2.75, 3.05) is 11.9 Å². The lowest BCUT2D eigenvalue weighted by atomic mass is 9.99. The van der Waals surface area contributed by atoms with E-state index in [1.54, 1.807) is 6.92 Å². The number of aliphatic hydroxyl groups is 1. The Hall–Kier alpha value is -1.95. The van der Waals surface area contributed by atoms with Crippen LogP contribution in [0.25, 0.3) is 0 Å². The minimum Gasteiger partial charge on any atom is -0.394 e. The van der Waals surface area contributed by atoms with Gasteiger partial charge in [-0.2, -0.15) is 0 Å². The Labute approximate surface area is 105 Å². The lowest BCUT2D eigenvalue weighted by Gasteiger charge is -2.28. The van der Waals surface area contributed by atoms with Crippen molar-refractivity contribution in [3.63, 3.8) is 0 Å². The van der Waals surface area contributed by atoms with Gasteiger partial charge in [0, 0.05) is 11.6 Å². The first kappa shape index (κ1) is 14.1. The molecule has 0 spiro atoms. The highest BCUT2D eigenvalue weighted by atomic mass is 16.6. The molecule has 0 saturated heterocycles. The minimum absolute atomic E-state index is 0.143. The molecule has 0 aliphatic rings. The van der Waals surface area contributed by atoms with Crippen LogP contribution >= 0.6 is 0 Å². The summed E-state index contributed by atoms with van der Waals surface area (Å²) in [4.78, 5) is 21.0. The van der Waals surface area contributed by atoms with Crippen LogP contribution in [0.1, 0.15) is 30.6 Å². The van der Waals surface area contributed by atoms with Crippen LogP contribution in [0.15, 0.2) is 18.2 Å². The summed E-state index contributed by atoms with van der Waals surface area (Å²) in [5, 5.41) is 23.2. The van der Waals surface area contributed by atoms with Gasteiger partial charge in [-0.05, 0) is 25.5 Å². The predicted molar refractivity (Wildman–Crippen MR) is 67.9 cm³/mol. The molecule has 6 nitrogen and oxygen atoms in total. The number of hydrogen-bond acceptors (Lipinski definition) is 5. The van der Waals surface area contributed by atoms with Gasteiger partial charge in [0.25, 0.3) is 5.69 Å². The van der Waals surface area contributed by atoms with Crippen molar-refractivity contribution < 1.29 is 14.8 Å². The lowest BCUT2D eigenvalue weighted by Crippen LogP contribution is -2.38. The third-order valence-electron chi connectivity index (χ3n) is 2.92. The van der Waals surface area contributed by atoms with E-state index in [0.29, 0.717) is 18.4 Å². The van der Waals surface area contributed by atoms with E-state index in [9.17, 15) is 20.0 Å². The fourth-order valence-corrected chi connectivity index (χ4v) is 1.44. The molecule has 1 unspecified atom stereocenters. The lowest BCUT2D eigenvalue weighted by molar-refractivity contribution is -0.384. The van der Waals surface area contributed by atoms with E-state index in [-0.39, 0.29) is 17.9 Å². The van der Waals surface area contributed by atoms with Crippen molar-refractivity contribution in [1.29, 1.82) is 0 Å². The van der Waals surface area contributed by atoms with E-state index in [2.05, 4.69) is 5.32 Å². The summed E-state index contributed by atoms with van der Waals surface area (Å²) in [5.74, 6) is 0. The molecule has 0 bridgehead atoms. The van der Waals surface area contributed by atoms with Crippen molar-refractivity contribution in [2.24, 2.45) is 0 Å². The molecule has 0 aliphatic carbocycles. The number of nitro groups is 1. The third kappa shape index (κ3) is 3.04. The molecule has 18 heavy (non-hydrogen) atoms. The van der Waals surface area contributed by atoms with Gasteiger partial charge in [0.15, 0.2) is 0 Å². The van der Waals surface area contributed by atoms with Crippen molar-refractivity contribution in [3.05, 3.63) is 33.9 Å². The summed E-state index contributed by atoms with van der Waals surface area (Å²) in [7, 11) is 0. The van der Waals surface area contributed by atoms with Crippen LogP contribution < -0.4 is 5.32 Å². The van der Waals surface area contributed by atoms with E-state index >= 15 is 0 Å². The Kier molecular flexibility index (Phi) is 4.38. The molecular formula is C12H16N2O4. The zero-order valence-electron chi connectivity index (χ0n) is 10.3. The van der Waals surface area contributed by atoms with E-state index < -0.39 is 10.5 Å². The highest BCUT2D eigenvalue weighted by Gasteiger charge is 2.24. The van der Waals surface area contributed by atoms with Gasteiger partial charge in [-0.1, -0.05) is 6.92 Å². The van der Waals surface area contributed by atoms with Crippen LogP contribution in [0.5, 0.6) is 0 Å². The Bertz CT molecular complexity index is 455. The monoisotopic (exact) mass is 252 g/mol. The van der Waals surface area contributed by atoms with Crippen molar-refractivity contribution >= 4 is 17.7 Å². The quantitative estimate of drug-likeness (QED) is 0.459. The molecule has 2 N–H and O–H groups in total. The molecule has 0 heterocycles. The summed E-state index contributed by atoms with van der Waals surface area (Å²) in [6.45, 7) is 3.50. The van der Waals surface area contributed by atoms with Crippen LogP contribution in [0, 0.1) is 10.1 Å². The SMILES string of the molecule is CCC(C)(CO)Nc1ccc(C=O)cc1[N+](=O)[O-]. The molecule has 0 aliphatic heterocycles. The number of anilines is 1.